The van der Waals surface area contributed by atoms with Crippen molar-refractivity contribution < 1.29 is 47.4 Å². The highest BCUT2D eigenvalue weighted by atomic mass is 31.2. The molecule has 0 atom stereocenters. The van der Waals surface area contributed by atoms with Crippen LogP contribution in [0.2, 0.25) is 0 Å². The molecule has 13 heteroatoms. The Morgan fingerprint density at radius 3 is 1.26 bits per heavy atom. The van der Waals surface area contributed by atoms with Crippen LogP contribution in [0.25, 0.3) is 0 Å². The Morgan fingerprint density at radius 1 is 0.574 bits per heavy atom. The second kappa shape index (κ2) is 19.2. The van der Waals surface area contributed by atoms with E-state index < -0.39 is 7.26 Å². The van der Waals surface area contributed by atoms with Crippen molar-refractivity contribution >= 4 is 34.8 Å². The van der Waals surface area contributed by atoms with Crippen molar-refractivity contribution in [3.63, 3.8) is 0 Å². The van der Waals surface area contributed by atoms with Crippen molar-refractivity contribution in [1.29, 1.82) is 5.26 Å². The summed E-state index contributed by atoms with van der Waals surface area (Å²) in [4.78, 5) is 13.3. The van der Waals surface area contributed by atoms with E-state index in [2.05, 4.69) is 17.2 Å². The minimum absolute atomic E-state index is 0.159. The van der Waals surface area contributed by atoms with E-state index in [1.807, 2.05) is 36.4 Å². The van der Waals surface area contributed by atoms with E-state index in [1.165, 1.54) is 0 Å². The fraction of sp³-hybridized carbons (Fsp3) is 0.317. The first-order chi connectivity index (χ1) is 26.2. The van der Waals surface area contributed by atoms with Gasteiger partial charge in [-0.25, -0.2) is 0 Å². The summed E-state index contributed by atoms with van der Waals surface area (Å²) >= 11 is 0. The van der Waals surface area contributed by atoms with E-state index in [9.17, 15) is 4.79 Å². The first-order valence-corrected chi connectivity index (χ1v) is 18.8. The van der Waals surface area contributed by atoms with Crippen LogP contribution in [0.15, 0.2) is 60.7 Å². The van der Waals surface area contributed by atoms with Gasteiger partial charge in [0.1, 0.15) is 24.5 Å². The summed E-state index contributed by atoms with van der Waals surface area (Å²) < 4.78 is 54.0. The average Bonchev–Trinajstić information content (AvgIpc) is 3.22. The molecule has 4 aromatic rings. The second-order valence-electron chi connectivity index (χ2n) is 11.6. The smallest absolute Gasteiger partial charge is 0.224 e. The maximum absolute atomic E-state index is 13.3. The molecule has 0 spiro atoms. The number of nitrogens with one attached hydrogen (secondary N) is 1. The van der Waals surface area contributed by atoms with Crippen molar-refractivity contribution in [2.75, 3.05) is 75.5 Å². The molecule has 0 aliphatic heterocycles. The third-order valence-electron chi connectivity index (χ3n) is 8.79. The molecule has 0 radical (unpaired) electrons. The van der Waals surface area contributed by atoms with E-state index >= 15 is 0 Å². The monoisotopic (exact) mass is 757 g/mol. The molecule has 0 aromatic heterocycles. The number of nitrogens with zero attached hydrogens (tertiary/aromatic N) is 1. The van der Waals surface area contributed by atoms with Gasteiger partial charge in [-0.15, -0.1) is 0 Å². The maximum Gasteiger partial charge on any atom is 0.224 e. The van der Waals surface area contributed by atoms with Crippen LogP contribution in [0.1, 0.15) is 24.8 Å². The van der Waals surface area contributed by atoms with Gasteiger partial charge in [-0.2, -0.15) is 5.26 Å². The molecule has 0 fully saturated rings. The Morgan fingerprint density at radius 2 is 0.944 bits per heavy atom. The molecule has 4 aromatic carbocycles. The number of anilines is 1. The summed E-state index contributed by atoms with van der Waals surface area (Å²) in [5, 5.41) is 13.8. The second-order valence-corrected chi connectivity index (χ2v) is 15.0. The molecule has 0 saturated heterocycles. The van der Waals surface area contributed by atoms with Gasteiger partial charge < -0.3 is 47.9 Å². The quantitative estimate of drug-likeness (QED) is 0.0756. The van der Waals surface area contributed by atoms with Crippen molar-refractivity contribution in [1.82, 2.24) is 0 Å². The molecule has 54 heavy (non-hydrogen) atoms. The molecule has 0 unspecified atom stereocenters. The summed E-state index contributed by atoms with van der Waals surface area (Å²) in [5.41, 5.74) is 1.30. The van der Waals surface area contributed by atoms with Gasteiger partial charge in [0.25, 0.3) is 0 Å². The summed E-state index contributed by atoms with van der Waals surface area (Å²) in [6, 6.07) is 19.7. The molecule has 1 amide bonds. The van der Waals surface area contributed by atoms with Gasteiger partial charge in [-0.05, 0) is 37.1 Å². The van der Waals surface area contributed by atoms with E-state index in [4.69, 9.17) is 47.9 Å². The Kier molecular flexibility index (Phi) is 14.5. The zero-order valence-electron chi connectivity index (χ0n) is 32.1. The van der Waals surface area contributed by atoms with Crippen LogP contribution in [-0.4, -0.2) is 76.1 Å². The molecule has 0 saturated carbocycles. The van der Waals surface area contributed by atoms with Crippen molar-refractivity contribution in [2.45, 2.75) is 19.3 Å². The molecule has 284 valence electrons. The van der Waals surface area contributed by atoms with Crippen molar-refractivity contribution in [2.24, 2.45) is 0 Å². The SMILES string of the molecule is COc1cc(OC)c([P+](CCCCC(=O)Nc2ccc(C#CC#N)cc2)(c2c(OC)cc(OC)cc2OC)c2c(OC)cc(OC)cc2OC)c(OC)c1. The molecular weight excluding hydrogens is 711 g/mol. The number of rotatable bonds is 18. The highest BCUT2D eigenvalue weighted by Gasteiger charge is 2.57. The van der Waals surface area contributed by atoms with Crippen LogP contribution in [-0.2, 0) is 4.79 Å². The predicted molar refractivity (Wildman–Crippen MR) is 210 cm³/mol. The number of amides is 1. The Balaban J connectivity index is 2.00. The predicted octanol–water partition coefficient (Wildman–Crippen LogP) is 5.74. The highest BCUT2D eigenvalue weighted by Crippen LogP contribution is 2.66. The minimum atomic E-state index is -3.19. The van der Waals surface area contributed by atoms with E-state index in [-0.39, 0.29) is 12.3 Å². The number of benzene rings is 4. The molecule has 0 aliphatic carbocycles. The van der Waals surface area contributed by atoms with Gasteiger partial charge in [-0.3, -0.25) is 4.79 Å². The lowest BCUT2D eigenvalue weighted by Crippen LogP contribution is -2.38. The van der Waals surface area contributed by atoms with Gasteiger partial charge >= 0.3 is 0 Å². The number of hydrogen-bond acceptors (Lipinski definition) is 11. The molecule has 12 nitrogen and oxygen atoms in total. The van der Waals surface area contributed by atoms with Crippen molar-refractivity contribution in [3.8, 4) is 69.7 Å². The van der Waals surface area contributed by atoms with Crippen LogP contribution in [0.5, 0.6) is 51.7 Å². The first-order valence-electron chi connectivity index (χ1n) is 16.8. The Bertz CT molecular complexity index is 1800. The lowest BCUT2D eigenvalue weighted by molar-refractivity contribution is -0.116. The third-order valence-corrected chi connectivity index (χ3v) is 13.4. The number of ether oxygens (including phenoxy) is 9. The summed E-state index contributed by atoms with van der Waals surface area (Å²) in [6.45, 7) is 0. The van der Waals surface area contributed by atoms with Crippen molar-refractivity contribution in [3.05, 3.63) is 66.2 Å². The fourth-order valence-electron chi connectivity index (χ4n) is 6.36. The highest BCUT2D eigenvalue weighted by molar-refractivity contribution is 7.96. The van der Waals surface area contributed by atoms with Gasteiger partial charge in [0.15, 0.2) is 56.5 Å². The summed E-state index contributed by atoms with van der Waals surface area (Å²) in [7, 11) is 11.1. The third kappa shape index (κ3) is 8.62. The standard InChI is InChI=1S/C41H45N2O10P/c1-45-29-21-32(48-4)39(33(22-29)49-5)54(40-34(50-6)23-30(46-2)24-35(40)51-7,41-36(52-8)25-31(47-3)26-37(41)53-9)20-11-10-14-38(44)43-28-17-15-27(16-18-28)13-12-19-42/h15-18,21-26H,10-11,14,20H2,1-9H3/p+1. The van der Waals surface area contributed by atoms with Crippen LogP contribution in [0.4, 0.5) is 5.69 Å². The van der Waals surface area contributed by atoms with E-state index in [1.54, 1.807) is 94.3 Å². The molecule has 0 aliphatic rings. The zero-order chi connectivity index (χ0) is 39.3. The number of nitriles is 1. The fourth-order valence-corrected chi connectivity index (χ4v) is 11.6. The van der Waals surface area contributed by atoms with Gasteiger partial charge in [0.2, 0.25) is 5.91 Å². The summed E-state index contributed by atoms with van der Waals surface area (Å²) in [5.74, 6) is 9.44. The average molecular weight is 758 g/mol. The van der Waals surface area contributed by atoms with Crippen LogP contribution in [0.3, 0.4) is 0 Å². The van der Waals surface area contributed by atoms with Crippen LogP contribution < -0.4 is 63.9 Å². The topological polar surface area (TPSA) is 136 Å². The van der Waals surface area contributed by atoms with Crippen LogP contribution >= 0.6 is 7.26 Å². The number of hydrogen-bond donors (Lipinski definition) is 1. The lowest BCUT2D eigenvalue weighted by atomic mass is 10.2. The number of methoxy groups -OCH3 is 9. The lowest BCUT2D eigenvalue weighted by Gasteiger charge is -2.33. The van der Waals surface area contributed by atoms with E-state index in [0.717, 1.165) is 0 Å². The summed E-state index contributed by atoms with van der Waals surface area (Å²) in [6.07, 6.45) is 1.71. The largest absolute Gasteiger partial charge is 0.496 e. The molecule has 0 bridgehead atoms. The Hall–Kier alpha value is -5.97. The minimum Gasteiger partial charge on any atom is -0.496 e. The molecule has 1 N–H and O–H groups in total. The van der Waals surface area contributed by atoms with Gasteiger partial charge in [0, 0.05) is 60.0 Å². The Labute approximate surface area is 317 Å². The van der Waals surface area contributed by atoms with E-state index in [0.29, 0.717) is 97.9 Å². The molecular formula is C41H46N2O10P+. The van der Waals surface area contributed by atoms with Gasteiger partial charge in [0.05, 0.1) is 70.2 Å². The first kappa shape index (κ1) is 40.8. The molecule has 0 heterocycles. The normalized spacial score (nSPS) is 10.5. The number of carbonyl (C=O) groups excluding carboxylic acids is 1. The maximum atomic E-state index is 13.3. The number of unbranched alkanes of at least 4 members (excludes halogenated alkanes) is 1. The zero-order valence-corrected chi connectivity index (χ0v) is 33.0. The molecule has 4 rings (SSSR count). The van der Waals surface area contributed by atoms with Gasteiger partial charge in [-0.1, -0.05) is 5.92 Å². The van der Waals surface area contributed by atoms with Crippen LogP contribution in [0, 0.1) is 23.2 Å². The number of carbonyl (C=O) groups is 1.